The van der Waals surface area contributed by atoms with Gasteiger partial charge in [-0.25, -0.2) is 4.39 Å². The molecule has 0 bridgehead atoms. The van der Waals surface area contributed by atoms with Gasteiger partial charge < -0.3 is 9.47 Å². The summed E-state index contributed by atoms with van der Waals surface area (Å²) in [6, 6.07) is 10.6. The van der Waals surface area contributed by atoms with Gasteiger partial charge >= 0.3 is 0 Å². The normalized spacial score (nSPS) is 12.1. The fourth-order valence-electron chi connectivity index (χ4n) is 1.88. The summed E-state index contributed by atoms with van der Waals surface area (Å²) in [6.45, 7) is 0. The third-order valence-electron chi connectivity index (χ3n) is 2.95. The van der Waals surface area contributed by atoms with Crippen molar-refractivity contribution >= 4 is 31.9 Å². The van der Waals surface area contributed by atoms with Gasteiger partial charge in [0.05, 0.1) is 23.5 Å². The summed E-state index contributed by atoms with van der Waals surface area (Å²) in [5.41, 5.74) is 1.73. The van der Waals surface area contributed by atoms with E-state index in [1.165, 1.54) is 6.07 Å². The van der Waals surface area contributed by atoms with Crippen LogP contribution >= 0.6 is 31.9 Å². The fraction of sp³-hybridized carbons (Fsp3) is 0.200. The number of hydrogen-bond donors (Lipinski definition) is 0. The second kappa shape index (κ2) is 6.59. The molecule has 0 saturated heterocycles. The van der Waals surface area contributed by atoms with E-state index in [2.05, 4.69) is 31.9 Å². The largest absolute Gasteiger partial charge is 0.497 e. The maximum absolute atomic E-state index is 13.6. The molecule has 0 N–H and O–H groups in total. The lowest BCUT2D eigenvalue weighted by molar-refractivity contribution is 0.391. The molecule has 2 nitrogen and oxygen atoms in total. The quantitative estimate of drug-likeness (QED) is 0.662. The number of benzene rings is 2. The summed E-state index contributed by atoms with van der Waals surface area (Å²) in [7, 11) is 3.20. The standard InChI is InChI=1S/C15H13Br2FO2/c1-19-10-4-5-11(14(8-10)20-2)15(17)9-3-6-12(16)13(18)7-9/h3-8,15H,1-2H3. The van der Waals surface area contributed by atoms with Crippen LogP contribution in [0.2, 0.25) is 0 Å². The van der Waals surface area contributed by atoms with E-state index in [-0.39, 0.29) is 10.6 Å². The minimum Gasteiger partial charge on any atom is -0.497 e. The lowest BCUT2D eigenvalue weighted by atomic mass is 10.0. The predicted octanol–water partition coefficient (Wildman–Crippen LogP) is 5.09. The molecule has 0 aromatic heterocycles. The van der Waals surface area contributed by atoms with Gasteiger partial charge in [-0.15, -0.1) is 0 Å². The minimum atomic E-state index is -0.292. The van der Waals surface area contributed by atoms with E-state index in [0.717, 1.165) is 11.1 Å². The number of alkyl halides is 1. The molecule has 0 aliphatic heterocycles. The smallest absolute Gasteiger partial charge is 0.137 e. The molecule has 2 rings (SSSR count). The van der Waals surface area contributed by atoms with E-state index in [0.29, 0.717) is 16.0 Å². The molecule has 2 aromatic rings. The van der Waals surface area contributed by atoms with Gasteiger partial charge in [0.25, 0.3) is 0 Å². The first kappa shape index (κ1) is 15.3. The summed E-state index contributed by atoms with van der Waals surface area (Å²) in [6.07, 6.45) is 0. The molecule has 0 saturated carbocycles. The first-order valence-corrected chi connectivity index (χ1v) is 7.58. The Morgan fingerprint density at radius 2 is 1.80 bits per heavy atom. The lowest BCUT2D eigenvalue weighted by Gasteiger charge is -2.16. The minimum absolute atomic E-state index is 0.161. The van der Waals surface area contributed by atoms with Crippen LogP contribution in [-0.4, -0.2) is 14.2 Å². The second-order valence-corrected chi connectivity index (χ2v) is 5.91. The van der Waals surface area contributed by atoms with Gasteiger partial charge in [0.2, 0.25) is 0 Å². The van der Waals surface area contributed by atoms with Crippen molar-refractivity contribution in [1.82, 2.24) is 0 Å². The summed E-state index contributed by atoms with van der Waals surface area (Å²) >= 11 is 6.74. The fourth-order valence-corrected chi connectivity index (χ4v) is 2.79. The van der Waals surface area contributed by atoms with E-state index in [4.69, 9.17) is 9.47 Å². The number of rotatable bonds is 4. The summed E-state index contributed by atoms with van der Waals surface area (Å²) in [4.78, 5) is -0.161. The highest BCUT2D eigenvalue weighted by Crippen LogP contribution is 2.39. The molecule has 20 heavy (non-hydrogen) atoms. The molecule has 1 atom stereocenters. The average molecular weight is 404 g/mol. The maximum atomic E-state index is 13.6. The van der Waals surface area contributed by atoms with Gasteiger partial charge in [0, 0.05) is 11.6 Å². The first-order valence-electron chi connectivity index (χ1n) is 5.87. The molecule has 106 valence electrons. The Kier molecular flexibility index (Phi) is 5.05. The van der Waals surface area contributed by atoms with E-state index < -0.39 is 0 Å². The van der Waals surface area contributed by atoms with Gasteiger partial charge in [-0.2, -0.15) is 0 Å². The Morgan fingerprint density at radius 1 is 1.05 bits per heavy atom. The van der Waals surface area contributed by atoms with Crippen LogP contribution in [0.4, 0.5) is 4.39 Å². The highest BCUT2D eigenvalue weighted by molar-refractivity contribution is 9.10. The van der Waals surface area contributed by atoms with Crippen LogP contribution in [0.5, 0.6) is 11.5 Å². The van der Waals surface area contributed by atoms with Crippen LogP contribution < -0.4 is 9.47 Å². The van der Waals surface area contributed by atoms with Gasteiger partial charge in [-0.1, -0.05) is 28.1 Å². The zero-order chi connectivity index (χ0) is 14.7. The Labute approximate surface area is 134 Å². The highest BCUT2D eigenvalue weighted by atomic mass is 79.9. The zero-order valence-electron chi connectivity index (χ0n) is 11.0. The molecule has 0 fully saturated rings. The molecule has 0 aliphatic rings. The Balaban J connectivity index is 2.41. The molecule has 2 aromatic carbocycles. The van der Waals surface area contributed by atoms with Gasteiger partial charge in [0.15, 0.2) is 0 Å². The van der Waals surface area contributed by atoms with Crippen molar-refractivity contribution < 1.29 is 13.9 Å². The van der Waals surface area contributed by atoms with Crippen LogP contribution in [-0.2, 0) is 0 Å². The molecule has 0 amide bonds. The van der Waals surface area contributed by atoms with Crippen molar-refractivity contribution in [2.75, 3.05) is 14.2 Å². The Morgan fingerprint density at radius 3 is 2.40 bits per heavy atom. The van der Waals surface area contributed by atoms with Crippen LogP contribution in [0.25, 0.3) is 0 Å². The SMILES string of the molecule is COc1ccc(C(Br)c2ccc(Br)c(F)c2)c(OC)c1. The van der Waals surface area contributed by atoms with E-state index >= 15 is 0 Å². The van der Waals surface area contributed by atoms with E-state index in [1.807, 2.05) is 18.2 Å². The number of methoxy groups -OCH3 is 2. The molecule has 0 aliphatic carbocycles. The summed E-state index contributed by atoms with van der Waals surface area (Å²) in [5.74, 6) is 1.11. The molecule has 1 unspecified atom stereocenters. The molecule has 0 spiro atoms. The Bertz CT molecular complexity index is 617. The van der Waals surface area contributed by atoms with Crippen molar-refractivity contribution in [3.05, 3.63) is 57.8 Å². The zero-order valence-corrected chi connectivity index (χ0v) is 14.2. The van der Waals surface area contributed by atoms with Gasteiger partial charge in [-0.3, -0.25) is 0 Å². The van der Waals surface area contributed by atoms with Crippen molar-refractivity contribution in [3.8, 4) is 11.5 Å². The number of hydrogen-bond acceptors (Lipinski definition) is 2. The highest BCUT2D eigenvalue weighted by Gasteiger charge is 2.17. The topological polar surface area (TPSA) is 18.5 Å². The van der Waals surface area contributed by atoms with E-state index in [1.54, 1.807) is 26.4 Å². The van der Waals surface area contributed by atoms with Crippen molar-refractivity contribution in [1.29, 1.82) is 0 Å². The van der Waals surface area contributed by atoms with Crippen molar-refractivity contribution in [2.45, 2.75) is 4.83 Å². The predicted molar refractivity (Wildman–Crippen MR) is 84.4 cm³/mol. The third kappa shape index (κ3) is 3.15. The van der Waals surface area contributed by atoms with Gasteiger partial charge in [-0.05, 0) is 39.7 Å². The monoisotopic (exact) mass is 402 g/mol. The van der Waals surface area contributed by atoms with Crippen molar-refractivity contribution in [3.63, 3.8) is 0 Å². The maximum Gasteiger partial charge on any atom is 0.137 e. The average Bonchev–Trinajstić information content (AvgIpc) is 2.48. The van der Waals surface area contributed by atoms with Crippen LogP contribution in [0.3, 0.4) is 0 Å². The first-order chi connectivity index (χ1) is 9.56. The Hall–Kier alpha value is -1.07. The van der Waals surface area contributed by atoms with Gasteiger partial charge in [0.1, 0.15) is 17.3 Å². The summed E-state index contributed by atoms with van der Waals surface area (Å²) in [5, 5.41) is 0. The van der Waals surface area contributed by atoms with E-state index in [9.17, 15) is 4.39 Å². The molecular formula is C15H13Br2FO2. The third-order valence-corrected chi connectivity index (χ3v) is 4.62. The molecule has 5 heteroatoms. The number of halogens is 3. The lowest BCUT2D eigenvalue weighted by Crippen LogP contribution is -1.98. The van der Waals surface area contributed by atoms with Crippen LogP contribution in [0.15, 0.2) is 40.9 Å². The molecule has 0 radical (unpaired) electrons. The van der Waals surface area contributed by atoms with Crippen LogP contribution in [0.1, 0.15) is 16.0 Å². The second-order valence-electron chi connectivity index (χ2n) is 4.14. The van der Waals surface area contributed by atoms with Crippen molar-refractivity contribution in [2.24, 2.45) is 0 Å². The number of ether oxygens (including phenoxy) is 2. The summed E-state index contributed by atoms with van der Waals surface area (Å²) < 4.78 is 24.6. The van der Waals surface area contributed by atoms with Crippen LogP contribution in [0, 0.1) is 5.82 Å². The molecular weight excluding hydrogens is 391 g/mol. The molecule has 0 heterocycles.